The summed E-state index contributed by atoms with van der Waals surface area (Å²) in [6, 6.07) is 0. The Hall–Kier alpha value is -0.600. The summed E-state index contributed by atoms with van der Waals surface area (Å²) in [5, 5.41) is 0. The fraction of sp³-hybridized carbons (Fsp3) is 0.667. The molecule has 0 rings (SSSR count). The average molecular weight is 200 g/mol. The molecule has 0 heterocycles. The van der Waals surface area contributed by atoms with Crippen molar-refractivity contribution >= 4 is 0 Å². The first-order valence-corrected chi connectivity index (χ1v) is 5.03. The normalized spacial score (nSPS) is 10.7. The molecule has 2 nitrogen and oxygen atoms in total. The minimum absolute atomic E-state index is 0. The zero-order valence-electron chi connectivity index (χ0n) is 9.89. The van der Waals surface area contributed by atoms with Gasteiger partial charge in [-0.05, 0) is 40.5 Å². The van der Waals surface area contributed by atoms with E-state index < -0.39 is 0 Å². The summed E-state index contributed by atoms with van der Waals surface area (Å²) in [6.45, 7) is 10.0. The number of allylic oxidation sites excluding steroid dienone is 3. The number of ether oxygens (including phenoxy) is 1. The Labute approximate surface area is 88.0 Å². The monoisotopic (exact) mass is 200 g/mol. The van der Waals surface area contributed by atoms with Gasteiger partial charge in [-0.15, -0.1) is 0 Å². The first-order chi connectivity index (χ1) is 6.16. The molecule has 0 saturated heterocycles. The third kappa shape index (κ3) is 11.4. The van der Waals surface area contributed by atoms with Crippen LogP contribution in [-0.2, 0) is 4.74 Å². The number of hydrogen-bond acceptors (Lipinski definition) is 1. The highest BCUT2D eigenvalue weighted by atomic mass is 16.5. The summed E-state index contributed by atoms with van der Waals surface area (Å²) in [7, 11) is 0. The van der Waals surface area contributed by atoms with Crippen LogP contribution in [0.25, 0.3) is 0 Å². The van der Waals surface area contributed by atoms with Crippen molar-refractivity contribution in [2.24, 2.45) is 0 Å². The maximum Gasteiger partial charge on any atom is 0.0649 e. The van der Waals surface area contributed by atoms with Crippen molar-refractivity contribution in [3.8, 4) is 0 Å². The van der Waals surface area contributed by atoms with E-state index in [1.165, 1.54) is 11.1 Å². The molecule has 0 aliphatic carbocycles. The van der Waals surface area contributed by atoms with Crippen LogP contribution in [0.3, 0.4) is 0 Å². The van der Waals surface area contributed by atoms with E-state index in [0.717, 1.165) is 26.1 Å². The molecule has 0 aliphatic rings. The van der Waals surface area contributed by atoms with Crippen molar-refractivity contribution in [2.45, 2.75) is 40.5 Å². The summed E-state index contributed by atoms with van der Waals surface area (Å²) >= 11 is 0. The highest BCUT2D eigenvalue weighted by Gasteiger charge is 1.88. The molecule has 0 fully saturated rings. The second-order valence-corrected chi connectivity index (χ2v) is 3.53. The van der Waals surface area contributed by atoms with Gasteiger partial charge in [-0.2, -0.15) is 0 Å². The van der Waals surface area contributed by atoms with Crippen LogP contribution in [0.2, 0.25) is 0 Å². The predicted octanol–water partition coefficient (Wildman–Crippen LogP) is 2.89. The Morgan fingerprint density at radius 3 is 2.29 bits per heavy atom. The van der Waals surface area contributed by atoms with E-state index in [9.17, 15) is 0 Å². The van der Waals surface area contributed by atoms with Crippen molar-refractivity contribution in [1.29, 1.82) is 0 Å². The largest absolute Gasteiger partial charge is 0.412 e. The number of rotatable bonds is 6. The Morgan fingerprint density at radius 1 is 1.14 bits per heavy atom. The van der Waals surface area contributed by atoms with Gasteiger partial charge in [0.1, 0.15) is 0 Å². The lowest BCUT2D eigenvalue weighted by Crippen LogP contribution is -1.90. The van der Waals surface area contributed by atoms with Gasteiger partial charge in [0.2, 0.25) is 0 Å². The van der Waals surface area contributed by atoms with Crippen LogP contribution >= 0.6 is 0 Å². The SMILES string of the molecule is CCOC/C=C(\C)CCC=C(C)C.O. The van der Waals surface area contributed by atoms with Gasteiger partial charge in [0.15, 0.2) is 0 Å². The van der Waals surface area contributed by atoms with E-state index in [0.29, 0.717) is 0 Å². The second-order valence-electron chi connectivity index (χ2n) is 3.53. The second kappa shape index (κ2) is 10.5. The fourth-order valence-electron chi connectivity index (χ4n) is 1.01. The maximum absolute atomic E-state index is 5.24. The summed E-state index contributed by atoms with van der Waals surface area (Å²) in [4.78, 5) is 0. The van der Waals surface area contributed by atoms with Crippen molar-refractivity contribution < 1.29 is 10.2 Å². The lowest BCUT2D eigenvalue weighted by molar-refractivity contribution is 0.177. The fourth-order valence-corrected chi connectivity index (χ4v) is 1.01. The van der Waals surface area contributed by atoms with E-state index in [-0.39, 0.29) is 5.48 Å². The molecule has 0 unspecified atom stereocenters. The molecule has 0 aromatic heterocycles. The predicted molar refractivity (Wildman–Crippen MR) is 62.5 cm³/mol. The Balaban J connectivity index is 0. The van der Waals surface area contributed by atoms with Gasteiger partial charge in [-0.1, -0.05) is 23.3 Å². The van der Waals surface area contributed by atoms with Crippen LogP contribution in [0.4, 0.5) is 0 Å². The zero-order chi connectivity index (χ0) is 10.1. The molecular formula is C12H24O2. The summed E-state index contributed by atoms with van der Waals surface area (Å²) < 4.78 is 5.24. The molecular weight excluding hydrogens is 176 g/mol. The molecule has 0 aliphatic heterocycles. The van der Waals surface area contributed by atoms with Gasteiger partial charge in [-0.25, -0.2) is 0 Å². The highest BCUT2D eigenvalue weighted by molar-refractivity contribution is 5.02. The van der Waals surface area contributed by atoms with Crippen LogP contribution in [0, 0.1) is 0 Å². The molecule has 2 N–H and O–H groups in total. The van der Waals surface area contributed by atoms with Crippen molar-refractivity contribution in [3.63, 3.8) is 0 Å². The molecule has 0 aromatic carbocycles. The molecule has 0 bridgehead atoms. The molecule has 0 amide bonds. The Morgan fingerprint density at radius 2 is 1.79 bits per heavy atom. The van der Waals surface area contributed by atoms with Crippen LogP contribution < -0.4 is 0 Å². The number of hydrogen-bond donors (Lipinski definition) is 0. The molecule has 84 valence electrons. The van der Waals surface area contributed by atoms with Crippen LogP contribution in [0.15, 0.2) is 23.3 Å². The highest BCUT2D eigenvalue weighted by Crippen LogP contribution is 2.06. The third-order valence-electron chi connectivity index (χ3n) is 1.85. The molecule has 0 spiro atoms. The van der Waals surface area contributed by atoms with E-state index in [4.69, 9.17) is 4.74 Å². The molecule has 0 saturated carbocycles. The molecule has 0 aromatic rings. The van der Waals surface area contributed by atoms with Gasteiger partial charge in [0.05, 0.1) is 6.61 Å². The summed E-state index contributed by atoms with van der Waals surface area (Å²) in [6.07, 6.45) is 6.75. The Kier molecular flexibility index (Phi) is 11.9. The zero-order valence-corrected chi connectivity index (χ0v) is 9.89. The molecule has 2 heteroatoms. The van der Waals surface area contributed by atoms with Gasteiger partial charge in [0, 0.05) is 6.61 Å². The van der Waals surface area contributed by atoms with Gasteiger partial charge in [-0.3, -0.25) is 0 Å². The standard InChI is InChI=1S/C12H22O.H2O/c1-5-13-10-9-12(4)8-6-7-11(2)3;/h7,9H,5-6,8,10H2,1-4H3;1H2/b12-9+;. The van der Waals surface area contributed by atoms with Gasteiger partial charge >= 0.3 is 0 Å². The van der Waals surface area contributed by atoms with Crippen LogP contribution in [0.5, 0.6) is 0 Å². The van der Waals surface area contributed by atoms with Gasteiger partial charge in [0.25, 0.3) is 0 Å². The lowest BCUT2D eigenvalue weighted by atomic mass is 10.1. The molecule has 0 radical (unpaired) electrons. The quantitative estimate of drug-likeness (QED) is 0.480. The van der Waals surface area contributed by atoms with Crippen molar-refractivity contribution in [1.82, 2.24) is 0 Å². The summed E-state index contributed by atoms with van der Waals surface area (Å²) in [5.74, 6) is 0. The van der Waals surface area contributed by atoms with E-state index in [1.54, 1.807) is 0 Å². The first-order valence-electron chi connectivity index (χ1n) is 5.03. The van der Waals surface area contributed by atoms with Crippen LogP contribution in [0.1, 0.15) is 40.5 Å². The van der Waals surface area contributed by atoms with E-state index >= 15 is 0 Å². The third-order valence-corrected chi connectivity index (χ3v) is 1.85. The summed E-state index contributed by atoms with van der Waals surface area (Å²) in [5.41, 5.74) is 2.82. The van der Waals surface area contributed by atoms with Crippen molar-refractivity contribution in [3.05, 3.63) is 23.3 Å². The minimum Gasteiger partial charge on any atom is -0.412 e. The molecule has 0 atom stereocenters. The Bertz CT molecular complexity index is 177. The first kappa shape index (κ1) is 15.9. The average Bonchev–Trinajstić information content (AvgIpc) is 2.04. The van der Waals surface area contributed by atoms with Crippen molar-refractivity contribution in [2.75, 3.05) is 13.2 Å². The maximum atomic E-state index is 5.24. The van der Waals surface area contributed by atoms with Crippen LogP contribution in [-0.4, -0.2) is 18.7 Å². The van der Waals surface area contributed by atoms with E-state index in [1.807, 2.05) is 6.92 Å². The minimum atomic E-state index is 0. The topological polar surface area (TPSA) is 40.7 Å². The smallest absolute Gasteiger partial charge is 0.0649 e. The van der Waals surface area contributed by atoms with E-state index in [2.05, 4.69) is 32.9 Å². The molecule has 14 heavy (non-hydrogen) atoms. The lowest BCUT2D eigenvalue weighted by Gasteiger charge is -1.99. The van der Waals surface area contributed by atoms with Gasteiger partial charge < -0.3 is 10.2 Å².